The van der Waals surface area contributed by atoms with Gasteiger partial charge in [0.25, 0.3) is 0 Å². The number of hydrogen-bond acceptors (Lipinski definition) is 7. The smallest absolute Gasteiger partial charge is 0.238 e. The van der Waals surface area contributed by atoms with Crippen LogP contribution in [-0.4, -0.2) is 52.0 Å². The number of thioether (sulfide) groups is 1. The normalized spacial score (nSPS) is 16.0. The fourth-order valence-electron chi connectivity index (χ4n) is 1.92. The molecule has 8 heteroatoms. The van der Waals surface area contributed by atoms with Crippen LogP contribution in [0.15, 0.2) is 5.16 Å². The molecule has 0 amide bonds. The first-order valence-corrected chi connectivity index (χ1v) is 8.99. The van der Waals surface area contributed by atoms with Crippen LogP contribution in [0.25, 0.3) is 0 Å². The minimum Gasteiger partial charge on any atom is -0.616 e. The predicted octanol–water partition coefficient (Wildman–Crippen LogP) is 1.04. The Hall–Kier alpha value is -1.17. The Labute approximate surface area is 125 Å². The molecule has 1 fully saturated rings. The summed E-state index contributed by atoms with van der Waals surface area (Å²) in [5.74, 6) is 2.13. The summed E-state index contributed by atoms with van der Waals surface area (Å²) in [6, 6.07) is 2.13. The van der Waals surface area contributed by atoms with Gasteiger partial charge in [-0.15, -0.1) is 0 Å². The monoisotopic (exact) mass is 312 g/mol. The van der Waals surface area contributed by atoms with Gasteiger partial charge in [0.1, 0.15) is 17.6 Å². The highest BCUT2D eigenvalue weighted by Crippen LogP contribution is 2.29. The highest BCUT2D eigenvalue weighted by Gasteiger charge is 2.25. The number of ether oxygens (including phenoxy) is 1. The Balaban J connectivity index is 2.39. The van der Waals surface area contributed by atoms with Crippen LogP contribution in [0.3, 0.4) is 0 Å². The molecule has 2 heterocycles. The van der Waals surface area contributed by atoms with Gasteiger partial charge in [-0.05, 0) is 13.2 Å². The molecule has 1 aromatic rings. The van der Waals surface area contributed by atoms with Crippen molar-refractivity contribution in [3.05, 3.63) is 5.56 Å². The van der Waals surface area contributed by atoms with Gasteiger partial charge in [0.15, 0.2) is 16.5 Å². The van der Waals surface area contributed by atoms with E-state index in [1.807, 2.05) is 18.1 Å². The lowest BCUT2D eigenvalue weighted by molar-refractivity contribution is 0.322. The summed E-state index contributed by atoms with van der Waals surface area (Å²) in [5, 5.41) is 9.95. The third-order valence-electron chi connectivity index (χ3n) is 2.89. The van der Waals surface area contributed by atoms with Crippen LogP contribution in [0.4, 0.5) is 5.82 Å². The molecule has 0 unspecified atom stereocenters. The topological polar surface area (TPSA) is 85.1 Å². The number of rotatable bonds is 4. The highest BCUT2D eigenvalue weighted by molar-refractivity contribution is 7.98. The Morgan fingerprint density at radius 3 is 2.70 bits per heavy atom. The molecule has 0 bridgehead atoms. The second kappa shape index (κ2) is 7.02. The minimum absolute atomic E-state index is 0.330. The molecular weight excluding hydrogens is 296 g/mol. The van der Waals surface area contributed by atoms with Crippen LogP contribution in [0.5, 0.6) is 5.88 Å². The SMILES string of the molecule is CCOc1nc(SC)nc(N2CC[S+]([O-])CC2)c1C#N. The van der Waals surface area contributed by atoms with Crippen molar-refractivity contribution in [1.29, 1.82) is 5.26 Å². The molecule has 1 saturated heterocycles. The third kappa shape index (κ3) is 3.29. The standard InChI is InChI=1S/C12H16N4O2S2/c1-3-18-11-9(8-13)10(14-12(15-11)19-2)16-4-6-20(17)7-5-16/h3-7H2,1-2H3. The zero-order valence-corrected chi connectivity index (χ0v) is 13.1. The second-order valence-electron chi connectivity index (χ2n) is 4.09. The van der Waals surface area contributed by atoms with Crippen molar-refractivity contribution in [2.75, 3.05) is 42.4 Å². The molecule has 0 atom stereocenters. The van der Waals surface area contributed by atoms with Crippen LogP contribution >= 0.6 is 11.8 Å². The van der Waals surface area contributed by atoms with E-state index in [0.717, 1.165) is 0 Å². The molecule has 0 saturated carbocycles. The van der Waals surface area contributed by atoms with Crippen LogP contribution < -0.4 is 9.64 Å². The summed E-state index contributed by atoms with van der Waals surface area (Å²) in [7, 11) is 0. The van der Waals surface area contributed by atoms with E-state index >= 15 is 0 Å². The van der Waals surface area contributed by atoms with E-state index in [4.69, 9.17) is 4.74 Å². The van der Waals surface area contributed by atoms with Crippen molar-refractivity contribution in [3.63, 3.8) is 0 Å². The van der Waals surface area contributed by atoms with E-state index in [9.17, 15) is 9.81 Å². The maximum absolute atomic E-state index is 11.4. The molecule has 0 radical (unpaired) electrons. The number of nitrogens with zero attached hydrogens (tertiary/aromatic N) is 4. The van der Waals surface area contributed by atoms with Crippen molar-refractivity contribution < 1.29 is 9.29 Å². The fourth-order valence-corrected chi connectivity index (χ4v) is 3.32. The number of nitriles is 1. The van der Waals surface area contributed by atoms with Crippen LogP contribution in [0.2, 0.25) is 0 Å². The predicted molar refractivity (Wildman–Crippen MR) is 79.8 cm³/mol. The summed E-state index contributed by atoms with van der Waals surface area (Å²) in [6.07, 6.45) is 1.88. The van der Waals surface area contributed by atoms with Gasteiger partial charge in [0, 0.05) is 0 Å². The number of hydrogen-bond donors (Lipinski definition) is 0. The average Bonchev–Trinajstić information content (AvgIpc) is 2.47. The molecule has 0 spiro atoms. The molecule has 2 rings (SSSR count). The number of aromatic nitrogens is 2. The Bertz CT molecular complexity index is 513. The van der Waals surface area contributed by atoms with E-state index in [1.165, 1.54) is 11.8 Å². The number of anilines is 1. The molecule has 0 aliphatic carbocycles. The average molecular weight is 312 g/mol. The van der Waals surface area contributed by atoms with Gasteiger partial charge in [-0.25, -0.2) is 4.98 Å². The summed E-state index contributed by atoms with van der Waals surface area (Å²) in [6.45, 7) is 3.57. The van der Waals surface area contributed by atoms with E-state index < -0.39 is 11.2 Å². The van der Waals surface area contributed by atoms with Gasteiger partial charge in [-0.2, -0.15) is 10.2 Å². The largest absolute Gasteiger partial charge is 0.616 e. The van der Waals surface area contributed by atoms with Crippen molar-refractivity contribution >= 4 is 28.8 Å². The summed E-state index contributed by atoms with van der Waals surface area (Å²) >= 11 is 0.645. The van der Waals surface area contributed by atoms with E-state index in [-0.39, 0.29) is 0 Å². The zero-order valence-electron chi connectivity index (χ0n) is 11.5. The lowest BCUT2D eigenvalue weighted by Crippen LogP contribution is -2.41. The molecule has 6 nitrogen and oxygen atoms in total. The lowest BCUT2D eigenvalue weighted by Gasteiger charge is -2.29. The van der Waals surface area contributed by atoms with Gasteiger partial charge in [-0.1, -0.05) is 22.9 Å². The quantitative estimate of drug-likeness (QED) is 0.466. The molecule has 108 valence electrons. The second-order valence-corrected chi connectivity index (χ2v) is 6.56. The van der Waals surface area contributed by atoms with Crippen LogP contribution in [0.1, 0.15) is 12.5 Å². The van der Waals surface area contributed by atoms with E-state index in [1.54, 1.807) is 0 Å². The van der Waals surface area contributed by atoms with Gasteiger partial charge in [-0.3, -0.25) is 0 Å². The van der Waals surface area contributed by atoms with Gasteiger partial charge in [0.05, 0.1) is 19.7 Å². The third-order valence-corrected chi connectivity index (χ3v) is 4.71. The van der Waals surface area contributed by atoms with Gasteiger partial charge >= 0.3 is 0 Å². The van der Waals surface area contributed by atoms with E-state index in [0.29, 0.717) is 53.6 Å². The lowest BCUT2D eigenvalue weighted by atomic mass is 10.3. The fraction of sp³-hybridized carbons (Fsp3) is 0.583. The highest BCUT2D eigenvalue weighted by atomic mass is 32.2. The van der Waals surface area contributed by atoms with Crippen LogP contribution in [0, 0.1) is 11.3 Å². The van der Waals surface area contributed by atoms with Gasteiger partial charge in [0.2, 0.25) is 5.88 Å². The van der Waals surface area contributed by atoms with E-state index in [2.05, 4.69) is 16.0 Å². The first-order chi connectivity index (χ1) is 9.69. The van der Waals surface area contributed by atoms with Crippen molar-refractivity contribution in [2.24, 2.45) is 0 Å². The molecule has 1 aliphatic heterocycles. The first-order valence-electron chi connectivity index (χ1n) is 6.28. The van der Waals surface area contributed by atoms with Crippen molar-refractivity contribution in [3.8, 4) is 11.9 Å². The summed E-state index contributed by atoms with van der Waals surface area (Å²) in [4.78, 5) is 10.7. The summed E-state index contributed by atoms with van der Waals surface area (Å²) in [5.41, 5.74) is 0.359. The Morgan fingerprint density at radius 2 is 2.15 bits per heavy atom. The zero-order chi connectivity index (χ0) is 14.5. The molecule has 0 N–H and O–H groups in total. The summed E-state index contributed by atoms with van der Waals surface area (Å²) < 4.78 is 16.9. The Kier molecular flexibility index (Phi) is 5.34. The maximum Gasteiger partial charge on any atom is 0.238 e. The van der Waals surface area contributed by atoms with Crippen molar-refractivity contribution in [2.45, 2.75) is 12.1 Å². The molecule has 1 aliphatic rings. The molecule has 20 heavy (non-hydrogen) atoms. The Morgan fingerprint density at radius 1 is 1.45 bits per heavy atom. The first kappa shape index (κ1) is 15.2. The van der Waals surface area contributed by atoms with Gasteiger partial charge < -0.3 is 14.2 Å². The molecule has 1 aromatic heterocycles. The molecule has 0 aromatic carbocycles. The minimum atomic E-state index is -0.764. The van der Waals surface area contributed by atoms with Crippen LogP contribution in [-0.2, 0) is 11.2 Å². The van der Waals surface area contributed by atoms with Crippen molar-refractivity contribution in [1.82, 2.24) is 9.97 Å². The molecular formula is C12H16N4O2S2. The maximum atomic E-state index is 11.4.